The highest BCUT2D eigenvalue weighted by atomic mass is 16.5. The van der Waals surface area contributed by atoms with E-state index in [1.807, 2.05) is 37.3 Å². The fourth-order valence-corrected chi connectivity index (χ4v) is 2.41. The summed E-state index contributed by atoms with van der Waals surface area (Å²) in [4.78, 5) is 8.82. The minimum atomic E-state index is 0.514. The molecular weight excluding hydrogens is 332 g/mol. The second kappa shape index (κ2) is 10.1. The van der Waals surface area contributed by atoms with Crippen LogP contribution in [-0.4, -0.2) is 38.8 Å². The van der Waals surface area contributed by atoms with Crippen molar-refractivity contribution < 1.29 is 14.2 Å². The Morgan fingerprint density at radius 3 is 2.54 bits per heavy atom. The van der Waals surface area contributed by atoms with Gasteiger partial charge in [0, 0.05) is 24.8 Å². The van der Waals surface area contributed by atoms with Crippen LogP contribution in [0.25, 0.3) is 0 Å². The lowest BCUT2D eigenvalue weighted by Crippen LogP contribution is -2.36. The fraction of sp³-hybridized carbons (Fsp3) is 0.368. The number of benzene rings is 1. The number of guanidine groups is 1. The number of hydrogen-bond acceptors (Lipinski definition) is 5. The molecule has 0 aliphatic carbocycles. The zero-order valence-corrected chi connectivity index (χ0v) is 15.7. The molecule has 2 rings (SSSR count). The maximum atomic E-state index is 5.34. The van der Waals surface area contributed by atoms with Crippen LogP contribution in [0.4, 0.5) is 0 Å². The van der Waals surface area contributed by atoms with E-state index in [-0.39, 0.29) is 0 Å². The van der Waals surface area contributed by atoms with Crippen molar-refractivity contribution >= 4 is 5.96 Å². The fourth-order valence-electron chi connectivity index (χ4n) is 2.41. The lowest BCUT2D eigenvalue weighted by Gasteiger charge is -2.13. The van der Waals surface area contributed by atoms with Crippen LogP contribution in [0.1, 0.15) is 18.1 Å². The molecule has 0 aliphatic rings. The largest absolute Gasteiger partial charge is 0.493 e. The van der Waals surface area contributed by atoms with Gasteiger partial charge in [0.2, 0.25) is 5.88 Å². The van der Waals surface area contributed by atoms with Gasteiger partial charge in [0.15, 0.2) is 17.5 Å². The predicted molar refractivity (Wildman–Crippen MR) is 102 cm³/mol. The smallest absolute Gasteiger partial charge is 0.218 e. The average Bonchev–Trinajstić information content (AvgIpc) is 2.69. The molecule has 0 saturated carbocycles. The summed E-state index contributed by atoms with van der Waals surface area (Å²) in [5, 5.41) is 6.53. The Balaban J connectivity index is 2.06. The van der Waals surface area contributed by atoms with Crippen molar-refractivity contribution in [2.24, 2.45) is 4.99 Å². The Morgan fingerprint density at radius 1 is 1.04 bits per heavy atom. The molecule has 0 radical (unpaired) electrons. The first-order chi connectivity index (χ1) is 12.7. The van der Waals surface area contributed by atoms with Crippen LogP contribution in [0.5, 0.6) is 17.4 Å². The Bertz CT molecular complexity index is 734. The number of ether oxygens (including phenoxy) is 3. The van der Waals surface area contributed by atoms with Crippen molar-refractivity contribution in [1.82, 2.24) is 15.6 Å². The highest BCUT2D eigenvalue weighted by Gasteiger charge is 2.06. The van der Waals surface area contributed by atoms with Crippen molar-refractivity contribution in [1.29, 1.82) is 0 Å². The second-order valence-corrected chi connectivity index (χ2v) is 5.41. The van der Waals surface area contributed by atoms with Crippen molar-refractivity contribution in [3.63, 3.8) is 0 Å². The summed E-state index contributed by atoms with van der Waals surface area (Å²) >= 11 is 0. The molecule has 2 aromatic rings. The number of rotatable bonds is 8. The number of methoxy groups -OCH3 is 3. The molecule has 0 aliphatic heterocycles. The van der Waals surface area contributed by atoms with E-state index >= 15 is 0 Å². The molecule has 140 valence electrons. The third-order valence-corrected chi connectivity index (χ3v) is 3.70. The normalized spacial score (nSPS) is 11.0. The van der Waals surface area contributed by atoms with Gasteiger partial charge >= 0.3 is 0 Å². The number of nitrogens with zero attached hydrogens (tertiary/aromatic N) is 2. The van der Waals surface area contributed by atoms with E-state index in [0.29, 0.717) is 36.4 Å². The molecule has 1 aromatic heterocycles. The molecule has 7 heteroatoms. The molecule has 2 N–H and O–H groups in total. The maximum Gasteiger partial charge on any atom is 0.218 e. The maximum absolute atomic E-state index is 5.34. The predicted octanol–water partition coefficient (Wildman–Crippen LogP) is 2.36. The zero-order valence-electron chi connectivity index (χ0n) is 15.7. The number of aliphatic imine (C=N–C) groups is 1. The van der Waals surface area contributed by atoms with Crippen LogP contribution in [-0.2, 0) is 13.1 Å². The van der Waals surface area contributed by atoms with Gasteiger partial charge in [0.05, 0.1) is 27.9 Å². The van der Waals surface area contributed by atoms with Gasteiger partial charge in [-0.05, 0) is 30.7 Å². The summed E-state index contributed by atoms with van der Waals surface area (Å²) in [6.45, 7) is 3.87. The number of hydrogen-bond donors (Lipinski definition) is 2. The van der Waals surface area contributed by atoms with Crippen LogP contribution >= 0.6 is 0 Å². The molecule has 0 spiro atoms. The van der Waals surface area contributed by atoms with E-state index in [2.05, 4.69) is 20.6 Å². The van der Waals surface area contributed by atoms with Crippen molar-refractivity contribution in [2.45, 2.75) is 20.0 Å². The Morgan fingerprint density at radius 2 is 1.85 bits per heavy atom. The van der Waals surface area contributed by atoms with Crippen LogP contribution < -0.4 is 24.8 Å². The third kappa shape index (κ3) is 5.27. The van der Waals surface area contributed by atoms with E-state index in [0.717, 1.165) is 17.7 Å². The Kier molecular flexibility index (Phi) is 7.54. The van der Waals surface area contributed by atoms with Crippen LogP contribution in [0.2, 0.25) is 0 Å². The summed E-state index contributed by atoms with van der Waals surface area (Å²) in [7, 11) is 4.86. The van der Waals surface area contributed by atoms with E-state index in [1.165, 1.54) is 0 Å². The van der Waals surface area contributed by atoms with Crippen LogP contribution in [0.3, 0.4) is 0 Å². The van der Waals surface area contributed by atoms with Crippen molar-refractivity contribution in [3.05, 3.63) is 47.7 Å². The number of nitrogens with one attached hydrogen (secondary N) is 2. The summed E-state index contributed by atoms with van der Waals surface area (Å²) in [5.41, 5.74) is 1.99. The van der Waals surface area contributed by atoms with Gasteiger partial charge in [-0.25, -0.2) is 9.98 Å². The van der Waals surface area contributed by atoms with E-state index in [9.17, 15) is 0 Å². The summed E-state index contributed by atoms with van der Waals surface area (Å²) in [5.74, 6) is 2.72. The molecular formula is C19H26N4O3. The summed E-state index contributed by atoms with van der Waals surface area (Å²) in [6.07, 6.45) is 1.71. The molecule has 26 heavy (non-hydrogen) atoms. The first-order valence-corrected chi connectivity index (χ1v) is 8.42. The topological polar surface area (TPSA) is 77.0 Å². The van der Waals surface area contributed by atoms with Gasteiger partial charge in [-0.2, -0.15) is 0 Å². The van der Waals surface area contributed by atoms with Crippen molar-refractivity contribution in [2.75, 3.05) is 27.9 Å². The van der Waals surface area contributed by atoms with Gasteiger partial charge < -0.3 is 24.8 Å². The molecule has 0 saturated heterocycles. The monoisotopic (exact) mass is 358 g/mol. The van der Waals surface area contributed by atoms with Crippen molar-refractivity contribution in [3.8, 4) is 17.4 Å². The average molecular weight is 358 g/mol. The molecule has 0 unspecified atom stereocenters. The first-order valence-electron chi connectivity index (χ1n) is 8.42. The van der Waals surface area contributed by atoms with Crippen LogP contribution in [0, 0.1) is 0 Å². The van der Waals surface area contributed by atoms with Gasteiger partial charge in [-0.15, -0.1) is 0 Å². The Hall–Kier alpha value is -2.96. The van der Waals surface area contributed by atoms with E-state index < -0.39 is 0 Å². The lowest BCUT2D eigenvalue weighted by molar-refractivity contribution is 0.354. The summed E-state index contributed by atoms with van der Waals surface area (Å²) < 4.78 is 15.9. The third-order valence-electron chi connectivity index (χ3n) is 3.70. The molecule has 1 heterocycles. The SMILES string of the molecule is CCNC(=NCc1ccc(OC)c(OC)c1)NCc1cccnc1OC. The second-order valence-electron chi connectivity index (χ2n) is 5.41. The molecule has 1 aromatic carbocycles. The van der Waals surface area contributed by atoms with E-state index in [4.69, 9.17) is 14.2 Å². The van der Waals surface area contributed by atoms with Gasteiger partial charge in [0.1, 0.15) is 0 Å². The summed E-state index contributed by atoms with van der Waals surface area (Å²) in [6, 6.07) is 9.63. The minimum Gasteiger partial charge on any atom is -0.493 e. The molecule has 7 nitrogen and oxygen atoms in total. The molecule has 0 amide bonds. The van der Waals surface area contributed by atoms with Gasteiger partial charge in [-0.3, -0.25) is 0 Å². The van der Waals surface area contributed by atoms with Crippen LogP contribution in [0.15, 0.2) is 41.5 Å². The molecule has 0 fully saturated rings. The lowest BCUT2D eigenvalue weighted by atomic mass is 10.2. The first kappa shape index (κ1) is 19.4. The molecule has 0 atom stereocenters. The number of pyridine rings is 1. The van der Waals surface area contributed by atoms with E-state index in [1.54, 1.807) is 27.5 Å². The minimum absolute atomic E-state index is 0.514. The quantitative estimate of drug-likeness (QED) is 0.557. The zero-order chi connectivity index (χ0) is 18.8. The highest BCUT2D eigenvalue weighted by Crippen LogP contribution is 2.27. The Labute approximate surface area is 154 Å². The standard InChI is InChI=1S/C19H26N4O3/c1-5-20-19(23-13-15-7-6-10-21-18(15)26-4)22-12-14-8-9-16(24-2)17(11-14)25-3/h6-11H,5,12-13H2,1-4H3,(H2,20,22,23). The van der Waals surface area contributed by atoms with Gasteiger partial charge in [-0.1, -0.05) is 12.1 Å². The highest BCUT2D eigenvalue weighted by molar-refractivity contribution is 5.79. The number of aromatic nitrogens is 1. The van der Waals surface area contributed by atoms with Gasteiger partial charge in [0.25, 0.3) is 0 Å². The molecule has 0 bridgehead atoms.